The number of hydrogen-bond donors (Lipinski definition) is 2. The van der Waals surface area contributed by atoms with Gasteiger partial charge in [-0.05, 0) is 39.8 Å². The van der Waals surface area contributed by atoms with Crippen LogP contribution in [0.3, 0.4) is 0 Å². The number of aromatic nitrogens is 1. The van der Waals surface area contributed by atoms with Crippen molar-refractivity contribution < 1.29 is 9.84 Å². The first-order chi connectivity index (χ1) is 7.38. The lowest BCUT2D eigenvalue weighted by molar-refractivity contribution is 0.0944. The van der Waals surface area contributed by atoms with Crippen molar-refractivity contribution >= 4 is 5.69 Å². The average Bonchev–Trinajstić information content (AvgIpc) is 2.14. The normalized spacial score (nSPS) is 11.6. The Kier molecular flexibility index (Phi) is 4.12. The van der Waals surface area contributed by atoms with Crippen molar-refractivity contribution in [3.63, 3.8) is 0 Å². The summed E-state index contributed by atoms with van der Waals surface area (Å²) in [4.78, 5) is 4.15. The van der Waals surface area contributed by atoms with Gasteiger partial charge in [-0.15, -0.1) is 0 Å². The van der Waals surface area contributed by atoms with Gasteiger partial charge in [0, 0.05) is 12.7 Å². The Morgan fingerprint density at radius 3 is 2.75 bits per heavy atom. The molecule has 0 aliphatic rings. The van der Waals surface area contributed by atoms with Gasteiger partial charge in [0.05, 0.1) is 17.4 Å². The summed E-state index contributed by atoms with van der Waals surface area (Å²) in [5, 5.41) is 12.7. The second-order valence-corrected chi connectivity index (χ2v) is 4.69. The van der Waals surface area contributed by atoms with Gasteiger partial charge in [0.1, 0.15) is 0 Å². The molecular weight excluding hydrogens is 204 g/mol. The lowest BCUT2D eigenvalue weighted by atomic mass is 10.1. The van der Waals surface area contributed by atoms with E-state index in [0.717, 1.165) is 5.69 Å². The summed E-state index contributed by atoms with van der Waals surface area (Å²) in [6.45, 7) is 7.86. The minimum atomic E-state index is -0.759. The van der Waals surface area contributed by atoms with Crippen molar-refractivity contribution in [2.24, 2.45) is 0 Å². The molecule has 1 aromatic rings. The second-order valence-electron chi connectivity index (χ2n) is 4.69. The first-order valence-electron chi connectivity index (χ1n) is 5.46. The molecular formula is C12H20N2O2. The number of anilines is 1. The topological polar surface area (TPSA) is 54.4 Å². The van der Waals surface area contributed by atoms with Crippen molar-refractivity contribution in [2.75, 3.05) is 11.9 Å². The van der Waals surface area contributed by atoms with Gasteiger partial charge < -0.3 is 15.2 Å². The molecule has 0 saturated heterocycles. The van der Waals surface area contributed by atoms with Gasteiger partial charge in [0.2, 0.25) is 5.88 Å². The van der Waals surface area contributed by atoms with Crippen LogP contribution in [0.4, 0.5) is 5.69 Å². The molecule has 0 bridgehead atoms. The average molecular weight is 224 g/mol. The highest BCUT2D eigenvalue weighted by Gasteiger charge is 2.14. The molecule has 0 atom stereocenters. The molecule has 4 heteroatoms. The van der Waals surface area contributed by atoms with Crippen molar-refractivity contribution in [1.82, 2.24) is 4.98 Å². The van der Waals surface area contributed by atoms with E-state index >= 15 is 0 Å². The highest BCUT2D eigenvalue weighted by Crippen LogP contribution is 2.22. The Bertz CT molecular complexity index is 332. The predicted octanol–water partition coefficient (Wildman–Crippen LogP) is 2.05. The Morgan fingerprint density at radius 1 is 1.50 bits per heavy atom. The van der Waals surface area contributed by atoms with Crippen molar-refractivity contribution in [2.45, 2.75) is 39.4 Å². The summed E-state index contributed by atoms with van der Waals surface area (Å²) in [6.07, 6.45) is 1.77. The SMILES string of the molecule is CC(C)Oc1ncccc1NCC(C)(C)O. The van der Waals surface area contributed by atoms with Crippen LogP contribution in [0.5, 0.6) is 5.88 Å². The van der Waals surface area contributed by atoms with Crippen LogP contribution < -0.4 is 10.1 Å². The molecule has 16 heavy (non-hydrogen) atoms. The third-order valence-corrected chi connectivity index (χ3v) is 1.83. The van der Waals surface area contributed by atoms with Crippen LogP contribution in [0.1, 0.15) is 27.7 Å². The summed E-state index contributed by atoms with van der Waals surface area (Å²) >= 11 is 0. The highest BCUT2D eigenvalue weighted by atomic mass is 16.5. The summed E-state index contributed by atoms with van der Waals surface area (Å²) in [5.74, 6) is 0.571. The van der Waals surface area contributed by atoms with Crippen molar-refractivity contribution in [1.29, 1.82) is 0 Å². The third-order valence-electron chi connectivity index (χ3n) is 1.83. The maximum Gasteiger partial charge on any atom is 0.237 e. The van der Waals surface area contributed by atoms with Gasteiger partial charge >= 0.3 is 0 Å². The smallest absolute Gasteiger partial charge is 0.237 e. The van der Waals surface area contributed by atoms with Gasteiger partial charge in [-0.25, -0.2) is 4.98 Å². The Balaban J connectivity index is 2.71. The highest BCUT2D eigenvalue weighted by molar-refractivity contribution is 5.52. The fourth-order valence-electron chi connectivity index (χ4n) is 1.15. The first-order valence-corrected chi connectivity index (χ1v) is 5.46. The number of hydrogen-bond acceptors (Lipinski definition) is 4. The summed E-state index contributed by atoms with van der Waals surface area (Å²) in [5.41, 5.74) is 0.0450. The molecule has 0 aromatic carbocycles. The van der Waals surface area contributed by atoms with Gasteiger partial charge in [-0.2, -0.15) is 0 Å². The minimum Gasteiger partial charge on any atom is -0.473 e. The zero-order chi connectivity index (χ0) is 12.2. The van der Waals surface area contributed by atoms with E-state index in [9.17, 15) is 5.11 Å². The molecule has 4 nitrogen and oxygen atoms in total. The van der Waals surface area contributed by atoms with Crippen LogP contribution in [0, 0.1) is 0 Å². The third kappa shape index (κ3) is 4.49. The maximum atomic E-state index is 9.63. The molecule has 1 aromatic heterocycles. The van der Waals surface area contributed by atoms with Crippen LogP contribution in [0.15, 0.2) is 18.3 Å². The molecule has 90 valence electrons. The van der Waals surface area contributed by atoms with E-state index in [1.165, 1.54) is 0 Å². The van der Waals surface area contributed by atoms with E-state index in [4.69, 9.17) is 4.74 Å². The number of nitrogens with zero attached hydrogens (tertiary/aromatic N) is 1. The molecule has 0 fully saturated rings. The number of ether oxygens (including phenoxy) is 1. The van der Waals surface area contributed by atoms with Crippen LogP contribution in [0.25, 0.3) is 0 Å². The van der Waals surface area contributed by atoms with E-state index in [1.807, 2.05) is 26.0 Å². The molecule has 1 heterocycles. The van der Waals surface area contributed by atoms with E-state index in [2.05, 4.69) is 10.3 Å². The zero-order valence-electron chi connectivity index (χ0n) is 10.3. The number of nitrogens with one attached hydrogen (secondary N) is 1. The number of pyridine rings is 1. The number of rotatable bonds is 5. The molecule has 1 rings (SSSR count). The van der Waals surface area contributed by atoms with E-state index < -0.39 is 5.60 Å². The van der Waals surface area contributed by atoms with E-state index in [-0.39, 0.29) is 6.10 Å². The lowest BCUT2D eigenvalue weighted by Gasteiger charge is -2.20. The summed E-state index contributed by atoms with van der Waals surface area (Å²) in [6, 6.07) is 3.72. The second kappa shape index (κ2) is 5.16. The van der Waals surface area contributed by atoms with Crippen LogP contribution in [0.2, 0.25) is 0 Å². The minimum absolute atomic E-state index is 0.0811. The molecule has 0 spiro atoms. The standard InChI is InChI=1S/C12H20N2O2/c1-9(2)16-11-10(6-5-7-13-11)14-8-12(3,4)15/h5-7,9,14-15H,8H2,1-4H3. The molecule has 2 N–H and O–H groups in total. The van der Waals surface area contributed by atoms with Gasteiger partial charge in [0.15, 0.2) is 0 Å². The first kappa shape index (κ1) is 12.8. The molecule has 0 amide bonds. The summed E-state index contributed by atoms with van der Waals surface area (Å²) in [7, 11) is 0. The molecule has 0 radical (unpaired) electrons. The molecule has 0 aliphatic carbocycles. The fraction of sp³-hybridized carbons (Fsp3) is 0.583. The largest absolute Gasteiger partial charge is 0.473 e. The predicted molar refractivity (Wildman–Crippen MR) is 64.8 cm³/mol. The van der Waals surface area contributed by atoms with Crippen molar-refractivity contribution in [3.05, 3.63) is 18.3 Å². The zero-order valence-corrected chi connectivity index (χ0v) is 10.3. The van der Waals surface area contributed by atoms with Crippen molar-refractivity contribution in [3.8, 4) is 5.88 Å². The quantitative estimate of drug-likeness (QED) is 0.803. The van der Waals surface area contributed by atoms with Crippen LogP contribution in [-0.4, -0.2) is 28.3 Å². The summed E-state index contributed by atoms with van der Waals surface area (Å²) < 4.78 is 5.56. The fourth-order valence-corrected chi connectivity index (χ4v) is 1.15. The molecule has 0 saturated carbocycles. The number of aliphatic hydroxyl groups is 1. The Hall–Kier alpha value is -1.29. The Labute approximate surface area is 96.7 Å². The van der Waals surface area contributed by atoms with Gasteiger partial charge in [-0.3, -0.25) is 0 Å². The monoisotopic (exact) mass is 224 g/mol. The van der Waals surface area contributed by atoms with E-state index in [0.29, 0.717) is 12.4 Å². The van der Waals surface area contributed by atoms with Crippen LogP contribution >= 0.6 is 0 Å². The van der Waals surface area contributed by atoms with E-state index in [1.54, 1.807) is 20.0 Å². The van der Waals surface area contributed by atoms with Gasteiger partial charge in [-0.1, -0.05) is 0 Å². The molecule has 0 unspecified atom stereocenters. The van der Waals surface area contributed by atoms with Crippen LogP contribution in [-0.2, 0) is 0 Å². The Morgan fingerprint density at radius 2 is 2.19 bits per heavy atom. The van der Waals surface area contributed by atoms with Gasteiger partial charge in [0.25, 0.3) is 0 Å². The maximum absolute atomic E-state index is 9.63. The lowest BCUT2D eigenvalue weighted by Crippen LogP contribution is -2.29. The molecule has 0 aliphatic heterocycles.